The fourth-order valence-electron chi connectivity index (χ4n) is 8.06. The lowest BCUT2D eigenvalue weighted by Gasteiger charge is -2.28. The Hall–Kier alpha value is -6.64. The Morgan fingerprint density at radius 1 is 0.631 bits per heavy atom. The quantitative estimate of drug-likeness (QED) is 0.140. The van der Waals surface area contributed by atoms with Gasteiger partial charge in [-0.1, -0.05) is 71.7 Å². The number of carbonyl (C=O) groups is 2. The Balaban J connectivity index is 0.000000148. The number of fused-ring (bicyclic) bond motifs is 2. The average molecular weight is 912 g/mol. The minimum absolute atomic E-state index is 0.216. The molecular formula is C50H48Cl2N8O5. The normalized spacial score (nSPS) is 15.0. The number of amides is 1. The van der Waals surface area contributed by atoms with Crippen molar-refractivity contribution in [2.45, 2.75) is 26.7 Å². The van der Waals surface area contributed by atoms with Crippen LogP contribution in [0.15, 0.2) is 119 Å². The average Bonchev–Trinajstić information content (AvgIpc) is 3.95. The fourth-order valence-corrected chi connectivity index (χ4v) is 8.52. The number of carbonyl (C=O) groups excluding carboxylic acids is 1. The molecule has 4 aliphatic heterocycles. The summed E-state index contributed by atoms with van der Waals surface area (Å²) in [5.74, 6) is 1.72. The molecule has 0 spiro atoms. The second-order valence-corrected chi connectivity index (χ2v) is 16.6. The molecule has 0 unspecified atom stereocenters. The first-order valence-corrected chi connectivity index (χ1v) is 22.1. The van der Waals surface area contributed by atoms with Crippen LogP contribution in [-0.2, 0) is 22.3 Å². The van der Waals surface area contributed by atoms with Gasteiger partial charge < -0.3 is 35.4 Å². The minimum atomic E-state index is -0.945. The number of nitrogens with one attached hydrogen (secondary N) is 1. The van der Waals surface area contributed by atoms with Gasteiger partial charge in [-0.05, 0) is 108 Å². The number of nitrogens with zero attached hydrogens (tertiary/aromatic N) is 6. The van der Waals surface area contributed by atoms with Crippen molar-refractivity contribution in [3.8, 4) is 0 Å². The third kappa shape index (κ3) is 10.8. The lowest BCUT2D eigenvalue weighted by molar-refractivity contribution is 0.0697. The summed E-state index contributed by atoms with van der Waals surface area (Å²) in [5.41, 5.74) is 15.7. The van der Waals surface area contributed by atoms with Crippen molar-refractivity contribution in [3.63, 3.8) is 0 Å². The first-order valence-electron chi connectivity index (χ1n) is 21.3. The molecule has 6 heterocycles. The van der Waals surface area contributed by atoms with Crippen LogP contribution in [0.1, 0.15) is 54.1 Å². The van der Waals surface area contributed by atoms with Gasteiger partial charge in [0, 0.05) is 49.1 Å². The Labute approximate surface area is 387 Å². The molecular weight excluding hydrogens is 864 g/mol. The Morgan fingerprint density at radius 2 is 1.11 bits per heavy atom. The van der Waals surface area contributed by atoms with Gasteiger partial charge >= 0.3 is 5.97 Å². The van der Waals surface area contributed by atoms with Crippen molar-refractivity contribution >= 4 is 81.1 Å². The molecule has 0 aliphatic carbocycles. The van der Waals surface area contributed by atoms with E-state index in [0.717, 1.165) is 102 Å². The number of aliphatic imine (C=N–C) groups is 2. The predicted octanol–water partition coefficient (Wildman–Crippen LogP) is 9.33. The zero-order valence-corrected chi connectivity index (χ0v) is 37.6. The van der Waals surface area contributed by atoms with E-state index in [1.165, 1.54) is 0 Å². The number of pyridine rings is 2. The molecule has 1 amide bonds. The molecule has 4 aliphatic rings. The summed E-state index contributed by atoms with van der Waals surface area (Å²) in [5, 5.41) is 13.5. The summed E-state index contributed by atoms with van der Waals surface area (Å²) in [6.07, 6.45) is 1.34. The van der Waals surface area contributed by atoms with E-state index in [1.807, 2.05) is 92.7 Å². The van der Waals surface area contributed by atoms with Crippen LogP contribution in [-0.4, -0.2) is 91.0 Å². The van der Waals surface area contributed by atoms with Crippen LogP contribution in [0.4, 0.5) is 34.6 Å². The number of halogens is 2. The number of nitrogens with two attached hydrogens (primary N) is 1. The third-order valence-corrected chi connectivity index (χ3v) is 11.8. The summed E-state index contributed by atoms with van der Waals surface area (Å²) in [7, 11) is 0. The van der Waals surface area contributed by atoms with Crippen LogP contribution in [0.3, 0.4) is 0 Å². The van der Waals surface area contributed by atoms with Crippen molar-refractivity contribution in [3.05, 3.63) is 164 Å². The number of aromatic nitrogens is 2. The second-order valence-electron chi connectivity index (χ2n) is 15.8. The topological polar surface area (TPSA) is 168 Å². The van der Waals surface area contributed by atoms with Crippen molar-refractivity contribution < 1.29 is 24.2 Å². The molecule has 4 aromatic carbocycles. The van der Waals surface area contributed by atoms with Crippen LogP contribution in [0.25, 0.3) is 0 Å². The highest BCUT2D eigenvalue weighted by Gasteiger charge is 2.25. The predicted molar refractivity (Wildman–Crippen MR) is 259 cm³/mol. The van der Waals surface area contributed by atoms with Gasteiger partial charge in [-0.25, -0.2) is 14.8 Å². The highest BCUT2D eigenvalue weighted by Crippen LogP contribution is 2.35. The zero-order valence-electron chi connectivity index (χ0n) is 36.1. The smallest absolute Gasteiger partial charge is 0.337 e. The van der Waals surface area contributed by atoms with Gasteiger partial charge in [0.15, 0.2) is 0 Å². The standard InChI is InChI=1S/C25H23ClN4O2.C16H12ClNO2.C9H13N3O/c1-16-14-18(26)8-9-19(16)21-15-17-4-2-5-20(24(17)27-21)25(31)29-22-6-3-7-23(28-22)30-10-12-32-13-11-30;1-9-7-11(17)5-6-12(9)14-8-10-3-2-4-13(16(19)20)15(10)18-14;10-8-2-1-3-9(11-8)12-4-6-13-7-5-12/h2-9,14H,10-13,15H2,1H3,(H,28,29,31);2-7H,8H2,1H3,(H,19,20);1-3H,4-7H2,(H2,10,11). The summed E-state index contributed by atoms with van der Waals surface area (Å²) in [4.78, 5) is 46.9. The van der Waals surface area contributed by atoms with Crippen molar-refractivity contribution in [1.29, 1.82) is 0 Å². The number of ether oxygens (including phenoxy) is 2. The van der Waals surface area contributed by atoms with E-state index in [9.17, 15) is 14.7 Å². The maximum Gasteiger partial charge on any atom is 0.337 e. The Morgan fingerprint density at radius 3 is 1.62 bits per heavy atom. The number of hydrogen-bond donors (Lipinski definition) is 3. The van der Waals surface area contributed by atoms with Gasteiger partial charge in [0.1, 0.15) is 23.3 Å². The van der Waals surface area contributed by atoms with Crippen LogP contribution in [0.5, 0.6) is 0 Å². The molecule has 2 saturated heterocycles. The largest absolute Gasteiger partial charge is 0.478 e. The highest BCUT2D eigenvalue weighted by atomic mass is 35.5. The molecule has 6 aromatic rings. The number of rotatable bonds is 7. The molecule has 13 nitrogen and oxygen atoms in total. The molecule has 0 radical (unpaired) electrons. The van der Waals surface area contributed by atoms with Crippen molar-refractivity contribution in [2.24, 2.45) is 9.98 Å². The summed E-state index contributed by atoms with van der Waals surface area (Å²) in [6.45, 7) is 10.3. The number of anilines is 4. The molecule has 2 fully saturated rings. The summed E-state index contributed by atoms with van der Waals surface area (Å²) in [6, 6.07) is 33.8. The number of aromatic carboxylic acids is 1. The number of aryl methyl sites for hydroxylation is 2. The van der Waals surface area contributed by atoms with Gasteiger partial charge in [-0.2, -0.15) is 0 Å². The molecule has 4 N–H and O–H groups in total. The first-order chi connectivity index (χ1) is 31.5. The summed E-state index contributed by atoms with van der Waals surface area (Å²) >= 11 is 12.1. The fraction of sp³-hybridized carbons (Fsp3) is 0.240. The number of carboxylic acids is 1. The highest BCUT2D eigenvalue weighted by molar-refractivity contribution is 6.31. The minimum Gasteiger partial charge on any atom is -0.478 e. The maximum atomic E-state index is 13.1. The molecule has 0 atom stereocenters. The van der Waals surface area contributed by atoms with Gasteiger partial charge in [-0.15, -0.1) is 0 Å². The monoisotopic (exact) mass is 910 g/mol. The number of para-hydroxylation sites is 2. The number of morpholine rings is 2. The van der Waals surface area contributed by atoms with E-state index >= 15 is 0 Å². The number of hydrogen-bond acceptors (Lipinski definition) is 11. The zero-order chi connectivity index (χ0) is 45.5. The van der Waals surface area contributed by atoms with Gasteiger partial charge in [0.2, 0.25) is 0 Å². The van der Waals surface area contributed by atoms with E-state index in [1.54, 1.807) is 30.3 Å². The SMILES string of the molecule is Cc1cc(Cl)ccc1C1=Nc2c(cccc2C(=O)Nc2cccc(N3CCOCC3)n2)C1.Cc1cc(Cl)ccc1C1=Nc2c(cccc2C(=O)O)C1.Nc1cccc(N2CCOCC2)n1. The van der Waals surface area contributed by atoms with E-state index in [0.29, 0.717) is 59.0 Å². The third-order valence-electron chi connectivity index (χ3n) is 11.3. The first kappa shape index (κ1) is 44.9. The van der Waals surface area contributed by atoms with E-state index in [-0.39, 0.29) is 11.5 Å². The number of nitrogen functional groups attached to an aromatic ring is 1. The van der Waals surface area contributed by atoms with Crippen LogP contribution in [0.2, 0.25) is 10.0 Å². The van der Waals surface area contributed by atoms with Crippen LogP contribution in [0, 0.1) is 13.8 Å². The van der Waals surface area contributed by atoms with Crippen LogP contribution >= 0.6 is 23.2 Å². The summed E-state index contributed by atoms with van der Waals surface area (Å²) < 4.78 is 10.7. The van der Waals surface area contributed by atoms with E-state index in [2.05, 4.69) is 30.1 Å². The molecule has 10 rings (SSSR count). The Kier molecular flexibility index (Phi) is 14.2. The number of carboxylic acid groups (broad SMARTS) is 1. The van der Waals surface area contributed by atoms with Gasteiger partial charge in [0.05, 0.1) is 60.4 Å². The molecule has 15 heteroatoms. The lowest BCUT2D eigenvalue weighted by atomic mass is 9.99. The molecule has 0 saturated carbocycles. The van der Waals surface area contributed by atoms with E-state index < -0.39 is 5.97 Å². The van der Waals surface area contributed by atoms with Crippen molar-refractivity contribution in [2.75, 3.05) is 73.5 Å². The lowest BCUT2D eigenvalue weighted by Crippen LogP contribution is -2.36. The second kappa shape index (κ2) is 20.5. The van der Waals surface area contributed by atoms with Gasteiger partial charge in [-0.3, -0.25) is 14.8 Å². The van der Waals surface area contributed by atoms with Gasteiger partial charge in [0.25, 0.3) is 5.91 Å². The van der Waals surface area contributed by atoms with Crippen LogP contribution < -0.4 is 20.9 Å². The van der Waals surface area contributed by atoms with Crippen molar-refractivity contribution in [1.82, 2.24) is 9.97 Å². The maximum absolute atomic E-state index is 13.1. The molecule has 2 aromatic heterocycles. The molecule has 0 bridgehead atoms. The number of benzene rings is 4. The molecule has 65 heavy (non-hydrogen) atoms. The Bertz CT molecular complexity index is 2800. The van der Waals surface area contributed by atoms with E-state index in [4.69, 9.17) is 43.4 Å². The molecule has 332 valence electrons.